The van der Waals surface area contributed by atoms with Gasteiger partial charge in [0.2, 0.25) is 5.91 Å². The van der Waals surface area contributed by atoms with Gasteiger partial charge in [0.25, 0.3) is 0 Å². The Kier molecular flexibility index (Phi) is 5.26. The summed E-state index contributed by atoms with van der Waals surface area (Å²) in [6.07, 6.45) is 1.82. The average Bonchev–Trinajstić information content (AvgIpc) is 2.45. The maximum atomic E-state index is 12.1. The number of carbonyl (C=O) groups excluding carboxylic acids is 1. The van der Waals surface area contributed by atoms with Crippen molar-refractivity contribution in [3.63, 3.8) is 0 Å². The van der Waals surface area contributed by atoms with E-state index in [0.29, 0.717) is 17.3 Å². The minimum atomic E-state index is -0.0579. The van der Waals surface area contributed by atoms with Gasteiger partial charge in [-0.1, -0.05) is 17.7 Å². The van der Waals surface area contributed by atoms with Crippen LogP contribution >= 0.6 is 11.6 Å². The van der Waals surface area contributed by atoms with Gasteiger partial charge in [-0.05, 0) is 37.5 Å². The van der Waals surface area contributed by atoms with E-state index in [-0.39, 0.29) is 17.9 Å². The quantitative estimate of drug-likeness (QED) is 0.929. The molecule has 2 atom stereocenters. The van der Waals surface area contributed by atoms with Crippen molar-refractivity contribution in [1.82, 2.24) is 5.32 Å². The van der Waals surface area contributed by atoms with Gasteiger partial charge in [0.1, 0.15) is 5.75 Å². The molecule has 1 amide bonds. The predicted molar refractivity (Wildman–Crippen MR) is 78.0 cm³/mol. The smallest absolute Gasteiger partial charge is 0.225 e. The van der Waals surface area contributed by atoms with Crippen LogP contribution in [-0.2, 0) is 16.1 Å². The van der Waals surface area contributed by atoms with Crippen molar-refractivity contribution in [2.24, 2.45) is 5.92 Å². The van der Waals surface area contributed by atoms with Crippen molar-refractivity contribution in [2.45, 2.75) is 32.4 Å². The molecule has 1 aromatic carbocycles. The van der Waals surface area contributed by atoms with E-state index in [1.165, 1.54) is 0 Å². The van der Waals surface area contributed by atoms with Gasteiger partial charge in [-0.3, -0.25) is 4.79 Å². The summed E-state index contributed by atoms with van der Waals surface area (Å²) in [4.78, 5) is 12.1. The topological polar surface area (TPSA) is 47.6 Å². The fourth-order valence-corrected chi connectivity index (χ4v) is 2.69. The van der Waals surface area contributed by atoms with Gasteiger partial charge in [0, 0.05) is 13.2 Å². The van der Waals surface area contributed by atoms with E-state index in [0.717, 1.165) is 25.0 Å². The zero-order valence-corrected chi connectivity index (χ0v) is 12.6. The van der Waals surface area contributed by atoms with Crippen molar-refractivity contribution in [3.05, 3.63) is 28.8 Å². The molecule has 0 aromatic heterocycles. The Morgan fingerprint density at radius 2 is 2.35 bits per heavy atom. The van der Waals surface area contributed by atoms with Crippen LogP contribution in [0.2, 0.25) is 5.02 Å². The molecule has 2 rings (SSSR count). The van der Waals surface area contributed by atoms with Crippen LogP contribution in [0.1, 0.15) is 25.3 Å². The van der Waals surface area contributed by atoms with E-state index >= 15 is 0 Å². The van der Waals surface area contributed by atoms with Crippen molar-refractivity contribution < 1.29 is 14.3 Å². The summed E-state index contributed by atoms with van der Waals surface area (Å²) < 4.78 is 10.6. The molecule has 0 saturated carbocycles. The highest BCUT2D eigenvalue weighted by atomic mass is 35.5. The lowest BCUT2D eigenvalue weighted by Gasteiger charge is -2.28. The molecule has 1 fully saturated rings. The number of methoxy groups -OCH3 is 1. The van der Waals surface area contributed by atoms with Gasteiger partial charge in [-0.15, -0.1) is 0 Å². The number of hydrogen-bond acceptors (Lipinski definition) is 3. The average molecular weight is 298 g/mol. The molecule has 0 bridgehead atoms. The molecule has 110 valence electrons. The minimum absolute atomic E-state index is 0.0109. The van der Waals surface area contributed by atoms with Gasteiger partial charge < -0.3 is 14.8 Å². The molecule has 1 aliphatic heterocycles. The first-order valence-electron chi connectivity index (χ1n) is 6.83. The summed E-state index contributed by atoms with van der Waals surface area (Å²) >= 11 is 6.06. The third-order valence-corrected chi connectivity index (χ3v) is 3.92. The highest BCUT2D eigenvalue weighted by Gasteiger charge is 2.28. The lowest BCUT2D eigenvalue weighted by Crippen LogP contribution is -2.39. The monoisotopic (exact) mass is 297 g/mol. The highest BCUT2D eigenvalue weighted by Crippen LogP contribution is 2.25. The third kappa shape index (κ3) is 3.64. The van der Waals surface area contributed by atoms with Crippen molar-refractivity contribution >= 4 is 17.5 Å². The number of benzene rings is 1. The maximum absolute atomic E-state index is 12.1. The fraction of sp³-hybridized carbons (Fsp3) is 0.533. The molecular weight excluding hydrogens is 278 g/mol. The molecule has 0 radical (unpaired) electrons. The molecule has 1 heterocycles. The summed E-state index contributed by atoms with van der Waals surface area (Å²) in [7, 11) is 1.58. The maximum Gasteiger partial charge on any atom is 0.225 e. The summed E-state index contributed by atoms with van der Waals surface area (Å²) in [5.41, 5.74) is 0.952. The number of ether oxygens (including phenoxy) is 2. The van der Waals surface area contributed by atoms with Gasteiger partial charge in [0.15, 0.2) is 0 Å². The number of amides is 1. The predicted octanol–water partition coefficient (Wildman–Crippen LogP) is 2.78. The van der Waals surface area contributed by atoms with Crippen LogP contribution in [0.3, 0.4) is 0 Å². The Bertz CT molecular complexity index is 478. The standard InChI is InChI=1S/C15H20ClNO3/c1-10-12(4-3-7-20-10)15(18)17-9-11-5-6-14(19-2)13(16)8-11/h5-6,8,10,12H,3-4,7,9H2,1-2H3,(H,17,18)/t10-,12-/m1/s1. The summed E-state index contributed by atoms with van der Waals surface area (Å²) in [5.74, 6) is 0.623. The normalized spacial score (nSPS) is 22.4. The zero-order chi connectivity index (χ0) is 14.5. The van der Waals surface area contributed by atoms with Crippen LogP contribution in [0.25, 0.3) is 0 Å². The second kappa shape index (κ2) is 6.95. The summed E-state index contributed by atoms with van der Waals surface area (Å²) in [6.45, 7) is 3.17. The van der Waals surface area contributed by atoms with E-state index < -0.39 is 0 Å². The first-order chi connectivity index (χ1) is 9.61. The second-order valence-electron chi connectivity index (χ2n) is 5.01. The van der Waals surface area contributed by atoms with E-state index in [1.54, 1.807) is 13.2 Å². The van der Waals surface area contributed by atoms with Crippen LogP contribution in [-0.4, -0.2) is 25.7 Å². The number of hydrogen-bond donors (Lipinski definition) is 1. The van der Waals surface area contributed by atoms with E-state index in [1.807, 2.05) is 19.1 Å². The lowest BCUT2D eigenvalue weighted by molar-refractivity contribution is -0.133. The lowest BCUT2D eigenvalue weighted by atomic mass is 9.94. The first-order valence-corrected chi connectivity index (χ1v) is 7.21. The van der Waals surface area contributed by atoms with E-state index in [9.17, 15) is 4.79 Å². The molecule has 1 saturated heterocycles. The van der Waals surface area contributed by atoms with Gasteiger partial charge in [-0.2, -0.15) is 0 Å². The minimum Gasteiger partial charge on any atom is -0.495 e. The molecule has 4 nitrogen and oxygen atoms in total. The Balaban J connectivity index is 1.91. The molecule has 1 aliphatic rings. The van der Waals surface area contributed by atoms with Crippen LogP contribution < -0.4 is 10.1 Å². The van der Waals surface area contributed by atoms with Crippen LogP contribution in [0.5, 0.6) is 5.75 Å². The molecule has 5 heteroatoms. The first kappa shape index (κ1) is 15.1. The molecule has 0 unspecified atom stereocenters. The van der Waals surface area contributed by atoms with Crippen LogP contribution in [0, 0.1) is 5.92 Å². The SMILES string of the molecule is COc1ccc(CNC(=O)[C@@H]2CCCO[C@@H]2C)cc1Cl. The Labute approximate surface area is 124 Å². The number of rotatable bonds is 4. The zero-order valence-electron chi connectivity index (χ0n) is 11.8. The Hall–Kier alpha value is -1.26. The molecule has 0 aliphatic carbocycles. The van der Waals surface area contributed by atoms with Crippen LogP contribution in [0.15, 0.2) is 18.2 Å². The molecule has 20 heavy (non-hydrogen) atoms. The molecule has 0 spiro atoms. The molecule has 1 N–H and O–H groups in total. The Morgan fingerprint density at radius 1 is 1.55 bits per heavy atom. The van der Waals surface area contributed by atoms with Crippen molar-refractivity contribution in [1.29, 1.82) is 0 Å². The summed E-state index contributed by atoms with van der Waals surface area (Å²) in [5, 5.41) is 3.50. The largest absolute Gasteiger partial charge is 0.495 e. The van der Waals surface area contributed by atoms with Gasteiger partial charge >= 0.3 is 0 Å². The number of carbonyl (C=O) groups is 1. The van der Waals surface area contributed by atoms with E-state index in [4.69, 9.17) is 21.1 Å². The number of halogens is 1. The van der Waals surface area contributed by atoms with Gasteiger partial charge in [0.05, 0.1) is 24.2 Å². The van der Waals surface area contributed by atoms with E-state index in [2.05, 4.69) is 5.32 Å². The highest BCUT2D eigenvalue weighted by molar-refractivity contribution is 6.32. The molecular formula is C15H20ClNO3. The third-order valence-electron chi connectivity index (χ3n) is 3.63. The molecule has 1 aromatic rings. The van der Waals surface area contributed by atoms with Crippen LogP contribution in [0.4, 0.5) is 0 Å². The second-order valence-corrected chi connectivity index (χ2v) is 5.42. The van der Waals surface area contributed by atoms with Gasteiger partial charge in [-0.25, -0.2) is 0 Å². The Morgan fingerprint density at radius 3 is 3.00 bits per heavy atom. The number of nitrogens with one attached hydrogen (secondary N) is 1. The fourth-order valence-electron chi connectivity index (χ4n) is 2.41. The summed E-state index contributed by atoms with van der Waals surface area (Å²) in [6, 6.07) is 5.50. The van der Waals surface area contributed by atoms with Crippen molar-refractivity contribution in [3.8, 4) is 5.75 Å². The van der Waals surface area contributed by atoms with Crippen molar-refractivity contribution in [2.75, 3.05) is 13.7 Å².